The third kappa shape index (κ3) is 3.71. The molecule has 0 amide bonds. The fourth-order valence-electron chi connectivity index (χ4n) is 3.00. The largest absolute Gasteiger partial charge is 0.487 e. The lowest BCUT2D eigenvalue weighted by molar-refractivity contribution is 0.309. The van der Waals surface area contributed by atoms with Crippen LogP contribution in [0.4, 0.5) is 0 Å². The number of ether oxygens (including phenoxy) is 1. The van der Waals surface area contributed by atoms with Crippen LogP contribution in [0.5, 0.6) is 5.75 Å². The number of hydrogen-bond acceptors (Lipinski definition) is 4. The van der Waals surface area contributed by atoms with Crippen LogP contribution in [0.3, 0.4) is 0 Å². The van der Waals surface area contributed by atoms with Crippen LogP contribution >= 0.6 is 23.2 Å². The van der Waals surface area contributed by atoms with Gasteiger partial charge in [0.05, 0.1) is 9.92 Å². The number of para-hydroxylation sites is 1. The molecule has 0 bridgehead atoms. The average Bonchev–Trinajstić information content (AvgIpc) is 3.23. The van der Waals surface area contributed by atoms with Gasteiger partial charge in [-0.05, 0) is 43.3 Å². The second-order valence-electron chi connectivity index (χ2n) is 6.45. The number of fused-ring (bicyclic) bond motifs is 1. The summed E-state index contributed by atoms with van der Waals surface area (Å²) < 4.78 is 31.7. The van der Waals surface area contributed by atoms with E-state index in [9.17, 15) is 8.42 Å². The summed E-state index contributed by atoms with van der Waals surface area (Å²) in [5, 5.41) is 1.36. The van der Waals surface area contributed by atoms with Crippen LogP contribution in [-0.2, 0) is 16.4 Å². The lowest BCUT2D eigenvalue weighted by atomic mass is 10.2. The molecule has 29 heavy (non-hydrogen) atoms. The minimum Gasteiger partial charge on any atom is -0.487 e. The molecule has 148 valence electrons. The SMILES string of the molecule is Cc1ccc2cccc(OCc3c(Cl)ccc(S(=O)(=O)c4ccc[nH]4)c3Cl)c2n1. The number of nitrogens with zero attached hydrogens (tertiary/aromatic N) is 1. The molecule has 0 atom stereocenters. The van der Waals surface area contributed by atoms with Gasteiger partial charge in [0, 0.05) is 27.9 Å². The van der Waals surface area contributed by atoms with Crippen molar-refractivity contribution in [3.63, 3.8) is 0 Å². The maximum absolute atomic E-state index is 12.9. The highest BCUT2D eigenvalue weighted by Gasteiger charge is 2.25. The highest BCUT2D eigenvalue weighted by Crippen LogP contribution is 2.35. The minimum atomic E-state index is -3.80. The highest BCUT2D eigenvalue weighted by molar-refractivity contribution is 7.91. The fourth-order valence-corrected chi connectivity index (χ4v) is 5.11. The molecule has 4 rings (SSSR count). The summed E-state index contributed by atoms with van der Waals surface area (Å²) in [6, 6.07) is 15.5. The van der Waals surface area contributed by atoms with Crippen molar-refractivity contribution in [2.45, 2.75) is 23.5 Å². The molecule has 5 nitrogen and oxygen atoms in total. The van der Waals surface area contributed by atoms with Crippen molar-refractivity contribution in [3.05, 3.63) is 82.1 Å². The second kappa shape index (κ2) is 7.71. The standard InChI is InChI=1S/C21H16Cl2N2O3S/c1-13-7-8-14-4-2-5-17(21(14)25-13)28-12-15-16(22)9-10-18(20(15)23)29(26,27)19-6-3-11-24-19/h2-11,24H,12H2,1H3. The van der Waals surface area contributed by atoms with E-state index < -0.39 is 9.84 Å². The number of nitrogens with one attached hydrogen (secondary N) is 1. The molecule has 1 N–H and O–H groups in total. The first-order valence-electron chi connectivity index (χ1n) is 8.72. The molecule has 2 heterocycles. The summed E-state index contributed by atoms with van der Waals surface area (Å²) in [5.41, 5.74) is 1.98. The molecule has 2 aromatic carbocycles. The Labute approximate surface area is 178 Å². The summed E-state index contributed by atoms with van der Waals surface area (Å²) in [4.78, 5) is 7.20. The zero-order valence-electron chi connectivity index (χ0n) is 15.3. The van der Waals surface area contributed by atoms with Crippen LogP contribution in [0.1, 0.15) is 11.3 Å². The Balaban J connectivity index is 1.71. The Hall–Kier alpha value is -2.54. The second-order valence-corrected chi connectivity index (χ2v) is 9.12. The van der Waals surface area contributed by atoms with Crippen LogP contribution in [0.25, 0.3) is 10.9 Å². The molecule has 4 aromatic rings. The van der Waals surface area contributed by atoms with Crippen molar-refractivity contribution in [1.82, 2.24) is 9.97 Å². The average molecular weight is 447 g/mol. The predicted molar refractivity (Wildman–Crippen MR) is 114 cm³/mol. The molecule has 0 fully saturated rings. The third-order valence-corrected chi connectivity index (χ3v) is 7.14. The molecule has 0 saturated heterocycles. The smallest absolute Gasteiger partial charge is 0.223 e. The molecular formula is C21H16Cl2N2O3S. The van der Waals surface area contributed by atoms with E-state index in [4.69, 9.17) is 27.9 Å². The Morgan fingerprint density at radius 2 is 1.86 bits per heavy atom. The maximum Gasteiger partial charge on any atom is 0.223 e. The van der Waals surface area contributed by atoms with E-state index in [1.807, 2.05) is 31.2 Å². The fraction of sp³-hybridized carbons (Fsp3) is 0.0952. The Morgan fingerprint density at radius 3 is 2.62 bits per heavy atom. The molecule has 0 unspecified atom stereocenters. The predicted octanol–water partition coefficient (Wildman–Crippen LogP) is 5.59. The Morgan fingerprint density at radius 1 is 1.03 bits per heavy atom. The maximum atomic E-state index is 12.9. The Kier molecular flexibility index (Phi) is 5.25. The summed E-state index contributed by atoms with van der Waals surface area (Å²) in [5.74, 6) is 0.566. The zero-order chi connectivity index (χ0) is 20.6. The van der Waals surface area contributed by atoms with Crippen molar-refractivity contribution in [2.75, 3.05) is 0 Å². The molecule has 0 saturated carbocycles. The number of H-pyrrole nitrogens is 1. The van der Waals surface area contributed by atoms with Gasteiger partial charge in [-0.2, -0.15) is 0 Å². The normalized spacial score (nSPS) is 11.7. The molecule has 8 heteroatoms. The summed E-state index contributed by atoms with van der Waals surface area (Å²) >= 11 is 12.8. The van der Waals surface area contributed by atoms with E-state index in [0.29, 0.717) is 16.3 Å². The van der Waals surface area contributed by atoms with Crippen molar-refractivity contribution in [1.29, 1.82) is 0 Å². The third-order valence-electron chi connectivity index (χ3n) is 4.49. The van der Waals surface area contributed by atoms with Gasteiger partial charge in [-0.15, -0.1) is 0 Å². The van der Waals surface area contributed by atoms with Gasteiger partial charge in [-0.1, -0.05) is 41.4 Å². The minimum absolute atomic E-state index is 0.000484. The number of aromatic nitrogens is 2. The van der Waals surface area contributed by atoms with Crippen molar-refractivity contribution >= 4 is 43.9 Å². The molecule has 0 radical (unpaired) electrons. The van der Waals surface area contributed by atoms with E-state index in [0.717, 1.165) is 16.6 Å². The number of benzene rings is 2. The van der Waals surface area contributed by atoms with Gasteiger partial charge in [-0.25, -0.2) is 13.4 Å². The van der Waals surface area contributed by atoms with Crippen molar-refractivity contribution < 1.29 is 13.2 Å². The number of halogens is 2. The number of aryl methyl sites for hydroxylation is 1. The molecular weight excluding hydrogens is 431 g/mol. The highest BCUT2D eigenvalue weighted by atomic mass is 35.5. The van der Waals surface area contributed by atoms with Gasteiger partial charge in [0.2, 0.25) is 9.84 Å². The van der Waals surface area contributed by atoms with Crippen LogP contribution in [0.2, 0.25) is 10.0 Å². The van der Waals surface area contributed by atoms with Crippen LogP contribution in [0.15, 0.2) is 70.7 Å². The number of hydrogen-bond donors (Lipinski definition) is 1. The van der Waals surface area contributed by atoms with Gasteiger partial charge in [-0.3, -0.25) is 0 Å². The first-order chi connectivity index (χ1) is 13.9. The van der Waals surface area contributed by atoms with Gasteiger partial charge >= 0.3 is 0 Å². The van der Waals surface area contributed by atoms with Gasteiger partial charge < -0.3 is 9.72 Å². The molecule has 0 spiro atoms. The lowest BCUT2D eigenvalue weighted by Crippen LogP contribution is -2.06. The molecule has 0 aliphatic heterocycles. The zero-order valence-corrected chi connectivity index (χ0v) is 17.6. The van der Waals surface area contributed by atoms with Crippen LogP contribution in [0, 0.1) is 6.92 Å². The first kappa shape index (κ1) is 19.8. The topological polar surface area (TPSA) is 72.1 Å². The van der Waals surface area contributed by atoms with E-state index >= 15 is 0 Å². The van der Waals surface area contributed by atoms with E-state index in [2.05, 4.69) is 9.97 Å². The van der Waals surface area contributed by atoms with Crippen LogP contribution in [-0.4, -0.2) is 18.4 Å². The summed E-state index contributed by atoms with van der Waals surface area (Å²) in [6.07, 6.45) is 1.54. The van der Waals surface area contributed by atoms with Gasteiger partial charge in [0.1, 0.15) is 22.9 Å². The lowest BCUT2D eigenvalue weighted by Gasteiger charge is -2.14. The van der Waals surface area contributed by atoms with E-state index in [1.54, 1.807) is 12.1 Å². The van der Waals surface area contributed by atoms with Gasteiger partial charge in [0.25, 0.3) is 0 Å². The van der Waals surface area contributed by atoms with Gasteiger partial charge in [0.15, 0.2) is 0 Å². The number of sulfone groups is 1. The molecule has 0 aliphatic carbocycles. The van der Waals surface area contributed by atoms with E-state index in [1.165, 1.54) is 24.4 Å². The molecule has 0 aliphatic rings. The monoisotopic (exact) mass is 446 g/mol. The number of pyridine rings is 1. The quantitative estimate of drug-likeness (QED) is 0.433. The van der Waals surface area contributed by atoms with E-state index in [-0.39, 0.29) is 21.6 Å². The summed E-state index contributed by atoms with van der Waals surface area (Å²) in [7, 11) is -3.80. The number of rotatable bonds is 5. The van der Waals surface area contributed by atoms with Crippen molar-refractivity contribution in [2.24, 2.45) is 0 Å². The Bertz CT molecular complexity index is 1300. The summed E-state index contributed by atoms with van der Waals surface area (Å²) in [6.45, 7) is 1.90. The molecule has 2 aromatic heterocycles. The van der Waals surface area contributed by atoms with Crippen LogP contribution < -0.4 is 4.74 Å². The first-order valence-corrected chi connectivity index (χ1v) is 11.0. The number of aromatic amines is 1. The van der Waals surface area contributed by atoms with Crippen molar-refractivity contribution in [3.8, 4) is 5.75 Å².